The van der Waals surface area contributed by atoms with Crippen LogP contribution >= 0.6 is 15.9 Å². The minimum absolute atomic E-state index is 0.0472. The van der Waals surface area contributed by atoms with Crippen molar-refractivity contribution in [3.8, 4) is 0 Å². The van der Waals surface area contributed by atoms with Crippen LogP contribution in [0.1, 0.15) is 16.1 Å². The molecule has 0 bridgehead atoms. The third-order valence-electron chi connectivity index (χ3n) is 2.74. The van der Waals surface area contributed by atoms with Crippen molar-refractivity contribution < 1.29 is 14.3 Å². The molecule has 0 fully saturated rings. The van der Waals surface area contributed by atoms with E-state index in [9.17, 15) is 4.79 Å². The summed E-state index contributed by atoms with van der Waals surface area (Å²) in [6.45, 7) is 0.620. The van der Waals surface area contributed by atoms with Gasteiger partial charge in [-0.05, 0) is 39.7 Å². The molecule has 0 spiro atoms. The van der Waals surface area contributed by atoms with Crippen molar-refractivity contribution in [2.45, 2.75) is 6.54 Å². The average molecular weight is 321 g/mol. The van der Waals surface area contributed by atoms with Gasteiger partial charge in [-0.25, -0.2) is 4.79 Å². The maximum absolute atomic E-state index is 10.8. The van der Waals surface area contributed by atoms with Crippen molar-refractivity contribution in [2.75, 3.05) is 0 Å². The van der Waals surface area contributed by atoms with Crippen LogP contribution in [0, 0.1) is 0 Å². The smallest absolute Gasteiger partial charge is 0.371 e. The third-order valence-corrected chi connectivity index (χ3v) is 3.15. The van der Waals surface area contributed by atoms with E-state index in [2.05, 4.69) is 21.0 Å². The van der Waals surface area contributed by atoms with Gasteiger partial charge in [0.25, 0.3) is 0 Å². The molecule has 3 aromatic rings. The highest BCUT2D eigenvalue weighted by Crippen LogP contribution is 2.21. The fourth-order valence-electron chi connectivity index (χ4n) is 1.91. The van der Waals surface area contributed by atoms with Crippen LogP contribution in [0.2, 0.25) is 0 Å². The van der Waals surface area contributed by atoms with Gasteiger partial charge in [0.05, 0.1) is 17.2 Å². The van der Waals surface area contributed by atoms with Crippen LogP contribution in [0.5, 0.6) is 0 Å². The van der Waals surface area contributed by atoms with Crippen LogP contribution in [-0.4, -0.2) is 20.9 Å². The number of benzene rings is 1. The average Bonchev–Trinajstić information content (AvgIpc) is 2.95. The molecular weight excluding hydrogens is 312 g/mol. The molecule has 6 heteroatoms. The first-order valence-corrected chi connectivity index (χ1v) is 6.35. The summed E-state index contributed by atoms with van der Waals surface area (Å²) >= 11 is 3.34. The molecule has 0 atom stereocenters. The predicted molar refractivity (Wildman–Crippen MR) is 72.2 cm³/mol. The fourth-order valence-corrected chi connectivity index (χ4v) is 2.24. The Morgan fingerprint density at radius 3 is 2.95 bits per heavy atom. The van der Waals surface area contributed by atoms with E-state index in [1.807, 2.05) is 18.3 Å². The van der Waals surface area contributed by atoms with Gasteiger partial charge in [-0.15, -0.1) is 0 Å². The lowest BCUT2D eigenvalue weighted by molar-refractivity contribution is 0.0665. The molecule has 0 saturated heterocycles. The summed E-state index contributed by atoms with van der Waals surface area (Å²) in [6.07, 6.45) is 3.60. The zero-order chi connectivity index (χ0) is 13.4. The number of hydrogen-bond acceptors (Lipinski definition) is 3. The maximum Gasteiger partial charge on any atom is 0.371 e. The summed E-state index contributed by atoms with van der Waals surface area (Å²) in [6, 6.07) is 7.10. The number of rotatable bonds is 3. The van der Waals surface area contributed by atoms with E-state index in [0.717, 1.165) is 15.4 Å². The first-order chi connectivity index (χ1) is 9.11. The second-order valence-electron chi connectivity index (χ2n) is 4.14. The summed E-state index contributed by atoms with van der Waals surface area (Å²) in [5.41, 5.74) is 1.60. The Balaban J connectivity index is 1.94. The lowest BCUT2D eigenvalue weighted by Crippen LogP contribution is -1.99. The number of carboxylic acids is 1. The van der Waals surface area contributed by atoms with Crippen LogP contribution in [0.4, 0.5) is 0 Å². The normalized spacial score (nSPS) is 11.0. The molecule has 2 aromatic heterocycles. The quantitative estimate of drug-likeness (QED) is 0.805. The van der Waals surface area contributed by atoms with Gasteiger partial charge >= 0.3 is 5.97 Å². The number of carboxylic acid groups (broad SMARTS) is 1. The van der Waals surface area contributed by atoms with Crippen LogP contribution in [0.25, 0.3) is 11.0 Å². The Hall–Kier alpha value is -2.08. The molecule has 5 nitrogen and oxygen atoms in total. The summed E-state index contributed by atoms with van der Waals surface area (Å²) < 4.78 is 7.93. The fraction of sp³-hybridized carbons (Fsp3) is 0.0769. The number of nitrogens with zero attached hydrogens (tertiary/aromatic N) is 2. The molecule has 0 aliphatic heterocycles. The second-order valence-corrected chi connectivity index (χ2v) is 5.06. The Morgan fingerprint density at radius 1 is 1.42 bits per heavy atom. The van der Waals surface area contributed by atoms with E-state index >= 15 is 0 Å². The molecule has 0 aliphatic rings. The number of aromatic nitrogens is 2. The highest BCUT2D eigenvalue weighted by molar-refractivity contribution is 9.10. The molecular formula is C13H9BrN2O3. The second kappa shape index (κ2) is 4.55. The summed E-state index contributed by atoms with van der Waals surface area (Å²) in [4.78, 5) is 10.8. The van der Waals surface area contributed by atoms with E-state index < -0.39 is 5.97 Å². The van der Waals surface area contributed by atoms with Crippen LogP contribution in [0.3, 0.4) is 0 Å². The van der Waals surface area contributed by atoms with Crippen molar-refractivity contribution in [3.63, 3.8) is 0 Å². The highest BCUT2D eigenvalue weighted by Gasteiger charge is 2.10. The summed E-state index contributed by atoms with van der Waals surface area (Å²) in [7, 11) is 0. The topological polar surface area (TPSA) is 68.3 Å². The molecule has 1 N–H and O–H groups in total. The van der Waals surface area contributed by atoms with Gasteiger partial charge in [-0.1, -0.05) is 6.07 Å². The number of carbonyl (C=O) groups is 1. The Bertz CT molecular complexity index is 760. The van der Waals surface area contributed by atoms with E-state index in [0.29, 0.717) is 12.1 Å². The standard InChI is InChI=1S/C13H9BrN2O3/c14-10-5-15-16(7-10)6-8-1-2-11-9(3-8)4-12(19-11)13(17)18/h1-5,7H,6H2,(H,17,18). The van der Waals surface area contributed by atoms with E-state index in [1.165, 1.54) is 6.07 Å². The van der Waals surface area contributed by atoms with Gasteiger partial charge in [-0.2, -0.15) is 5.10 Å². The van der Waals surface area contributed by atoms with Crippen molar-refractivity contribution >= 4 is 32.9 Å². The minimum Gasteiger partial charge on any atom is -0.475 e. The molecule has 0 unspecified atom stereocenters. The maximum atomic E-state index is 10.8. The molecule has 1 aromatic carbocycles. The Kier molecular flexibility index (Phi) is 2.87. The largest absolute Gasteiger partial charge is 0.475 e. The van der Waals surface area contributed by atoms with Crippen molar-refractivity contribution in [2.24, 2.45) is 0 Å². The lowest BCUT2D eigenvalue weighted by Gasteiger charge is -2.01. The van der Waals surface area contributed by atoms with Crippen LogP contribution in [0.15, 0.2) is 45.5 Å². The highest BCUT2D eigenvalue weighted by atomic mass is 79.9. The zero-order valence-electron chi connectivity index (χ0n) is 9.71. The van der Waals surface area contributed by atoms with Crippen molar-refractivity contribution in [3.05, 3.63) is 52.5 Å². The first kappa shape index (κ1) is 12.0. The van der Waals surface area contributed by atoms with Gasteiger partial charge in [0, 0.05) is 11.6 Å². The number of fused-ring (bicyclic) bond motifs is 1. The number of hydrogen-bond donors (Lipinski definition) is 1. The Morgan fingerprint density at radius 2 is 2.26 bits per heavy atom. The van der Waals surface area contributed by atoms with Crippen LogP contribution in [-0.2, 0) is 6.54 Å². The van der Waals surface area contributed by atoms with E-state index in [1.54, 1.807) is 16.9 Å². The predicted octanol–water partition coefficient (Wildman–Crippen LogP) is 3.14. The monoisotopic (exact) mass is 320 g/mol. The molecule has 0 aliphatic carbocycles. The van der Waals surface area contributed by atoms with Crippen molar-refractivity contribution in [1.29, 1.82) is 0 Å². The van der Waals surface area contributed by atoms with E-state index in [4.69, 9.17) is 9.52 Å². The minimum atomic E-state index is -1.06. The Labute approximate surface area is 116 Å². The van der Waals surface area contributed by atoms with Gasteiger partial charge in [0.1, 0.15) is 5.58 Å². The van der Waals surface area contributed by atoms with Crippen molar-refractivity contribution in [1.82, 2.24) is 9.78 Å². The molecule has 2 heterocycles. The first-order valence-electron chi connectivity index (χ1n) is 5.55. The molecule has 96 valence electrons. The van der Waals surface area contributed by atoms with Gasteiger partial charge < -0.3 is 9.52 Å². The number of halogens is 1. The van der Waals surface area contributed by atoms with Crippen LogP contribution < -0.4 is 0 Å². The molecule has 19 heavy (non-hydrogen) atoms. The lowest BCUT2D eigenvalue weighted by atomic mass is 10.1. The summed E-state index contributed by atoms with van der Waals surface area (Å²) in [5.74, 6) is -1.11. The zero-order valence-corrected chi connectivity index (χ0v) is 11.3. The molecule has 0 saturated carbocycles. The molecule has 3 rings (SSSR count). The molecule has 0 amide bonds. The van der Waals surface area contributed by atoms with Gasteiger partial charge in [-0.3, -0.25) is 4.68 Å². The van der Waals surface area contributed by atoms with Gasteiger partial charge in [0.2, 0.25) is 5.76 Å². The third kappa shape index (κ3) is 2.39. The van der Waals surface area contributed by atoms with E-state index in [-0.39, 0.29) is 5.76 Å². The SMILES string of the molecule is O=C(O)c1cc2cc(Cn3cc(Br)cn3)ccc2o1. The number of aromatic carboxylic acids is 1. The van der Waals surface area contributed by atoms with Gasteiger partial charge in [0.15, 0.2) is 0 Å². The molecule has 0 radical (unpaired) electrons. The summed E-state index contributed by atoms with van der Waals surface area (Å²) in [5, 5.41) is 13.8. The number of furan rings is 1.